The molecule has 3 heterocycles. The summed E-state index contributed by atoms with van der Waals surface area (Å²) in [6, 6.07) is 7.99. The molecule has 0 atom stereocenters. The minimum Gasteiger partial charge on any atom is -0.255 e. The Hall–Kier alpha value is -2.62. The zero-order valence-electron chi connectivity index (χ0n) is 9.41. The Bertz CT molecular complexity index is 816. The average Bonchev–Trinajstić information content (AvgIpc) is 2.46. The Morgan fingerprint density at radius 1 is 0.667 bits per heavy atom. The third-order valence-corrected chi connectivity index (χ3v) is 3.04. The summed E-state index contributed by atoms with van der Waals surface area (Å²) in [5.74, 6) is 0. The lowest BCUT2D eigenvalue weighted by Crippen LogP contribution is -1.89. The van der Waals surface area contributed by atoms with E-state index in [1.807, 2.05) is 24.3 Å². The summed E-state index contributed by atoms with van der Waals surface area (Å²) in [5, 5.41) is 2.06. The number of nitrogens with zero attached hydrogens (tertiary/aromatic N) is 4. The highest BCUT2D eigenvalue weighted by atomic mass is 14.8. The molecule has 0 unspecified atom stereocenters. The quantitative estimate of drug-likeness (QED) is 0.437. The number of benzene rings is 1. The predicted molar refractivity (Wildman–Crippen MR) is 70.1 cm³/mol. The van der Waals surface area contributed by atoms with Crippen molar-refractivity contribution in [1.82, 2.24) is 19.9 Å². The molecule has 4 rings (SSSR count). The molecule has 4 aromatic rings. The second-order valence-electron chi connectivity index (χ2n) is 4.08. The fourth-order valence-electron chi connectivity index (χ4n) is 2.24. The third-order valence-electron chi connectivity index (χ3n) is 3.04. The van der Waals surface area contributed by atoms with Gasteiger partial charge in [-0.05, 0) is 12.1 Å². The topological polar surface area (TPSA) is 51.6 Å². The molecular weight excluding hydrogens is 224 g/mol. The predicted octanol–water partition coefficient (Wildman–Crippen LogP) is 2.73. The van der Waals surface area contributed by atoms with E-state index in [0.29, 0.717) is 0 Å². The van der Waals surface area contributed by atoms with Crippen molar-refractivity contribution in [2.24, 2.45) is 0 Å². The van der Waals surface area contributed by atoms with Crippen molar-refractivity contribution in [2.75, 3.05) is 0 Å². The van der Waals surface area contributed by atoms with Crippen LogP contribution >= 0.6 is 0 Å². The average molecular weight is 232 g/mol. The molecule has 0 radical (unpaired) electrons. The molecule has 84 valence electrons. The molecule has 18 heavy (non-hydrogen) atoms. The van der Waals surface area contributed by atoms with Crippen molar-refractivity contribution in [1.29, 1.82) is 0 Å². The van der Waals surface area contributed by atoms with Crippen molar-refractivity contribution in [3.63, 3.8) is 0 Å². The summed E-state index contributed by atoms with van der Waals surface area (Å²) in [6.45, 7) is 0. The largest absolute Gasteiger partial charge is 0.255 e. The van der Waals surface area contributed by atoms with Crippen LogP contribution in [-0.4, -0.2) is 19.9 Å². The van der Waals surface area contributed by atoms with Gasteiger partial charge in [-0.2, -0.15) is 0 Å². The highest BCUT2D eigenvalue weighted by Crippen LogP contribution is 2.26. The lowest BCUT2D eigenvalue weighted by atomic mass is 10.1. The van der Waals surface area contributed by atoms with Crippen LogP contribution in [0.15, 0.2) is 49.1 Å². The van der Waals surface area contributed by atoms with Crippen molar-refractivity contribution >= 4 is 32.8 Å². The molecule has 0 bridgehead atoms. The molecule has 1 aromatic carbocycles. The van der Waals surface area contributed by atoms with Gasteiger partial charge in [-0.1, -0.05) is 12.1 Å². The van der Waals surface area contributed by atoms with E-state index in [-0.39, 0.29) is 0 Å². The van der Waals surface area contributed by atoms with Crippen LogP contribution in [0.1, 0.15) is 0 Å². The Balaban J connectivity index is 2.38. The first-order valence-corrected chi connectivity index (χ1v) is 5.67. The summed E-state index contributed by atoms with van der Waals surface area (Å²) in [4.78, 5) is 17.6. The van der Waals surface area contributed by atoms with Crippen LogP contribution < -0.4 is 0 Å². The summed E-state index contributed by atoms with van der Waals surface area (Å²) >= 11 is 0. The van der Waals surface area contributed by atoms with Crippen LogP contribution in [0.3, 0.4) is 0 Å². The highest BCUT2D eigenvalue weighted by molar-refractivity contribution is 6.15. The lowest BCUT2D eigenvalue weighted by molar-refractivity contribution is 1.28. The van der Waals surface area contributed by atoms with Crippen LogP contribution in [0.4, 0.5) is 0 Å². The van der Waals surface area contributed by atoms with Gasteiger partial charge in [0.1, 0.15) is 11.0 Å². The van der Waals surface area contributed by atoms with E-state index >= 15 is 0 Å². The van der Waals surface area contributed by atoms with E-state index < -0.39 is 0 Å². The molecular formula is C14H8N4. The minimum atomic E-state index is 0.795. The van der Waals surface area contributed by atoms with Crippen molar-refractivity contribution < 1.29 is 0 Å². The Kier molecular flexibility index (Phi) is 1.80. The van der Waals surface area contributed by atoms with Gasteiger partial charge in [0.2, 0.25) is 0 Å². The van der Waals surface area contributed by atoms with E-state index in [9.17, 15) is 0 Å². The monoisotopic (exact) mass is 232 g/mol. The Morgan fingerprint density at radius 2 is 1.56 bits per heavy atom. The van der Waals surface area contributed by atoms with Crippen molar-refractivity contribution in [2.45, 2.75) is 0 Å². The van der Waals surface area contributed by atoms with Crippen LogP contribution in [-0.2, 0) is 0 Å². The van der Waals surface area contributed by atoms with Crippen molar-refractivity contribution in [3.8, 4) is 0 Å². The molecule has 0 fully saturated rings. The summed E-state index contributed by atoms with van der Waals surface area (Å²) in [7, 11) is 0. The number of fused-ring (bicyclic) bond motifs is 5. The van der Waals surface area contributed by atoms with Crippen LogP contribution in [0.25, 0.3) is 32.8 Å². The maximum Gasteiger partial charge on any atom is 0.108 e. The molecule has 0 amide bonds. The Morgan fingerprint density at radius 3 is 2.56 bits per heavy atom. The first-order valence-electron chi connectivity index (χ1n) is 5.67. The lowest BCUT2D eigenvalue weighted by Gasteiger charge is -2.04. The molecule has 0 saturated carbocycles. The molecule has 0 aliphatic rings. The maximum atomic E-state index is 4.45. The van der Waals surface area contributed by atoms with Gasteiger partial charge in [-0.3, -0.25) is 19.9 Å². The molecule has 0 aliphatic carbocycles. The highest BCUT2D eigenvalue weighted by Gasteiger charge is 2.08. The van der Waals surface area contributed by atoms with Crippen molar-refractivity contribution in [3.05, 3.63) is 49.1 Å². The smallest absolute Gasteiger partial charge is 0.108 e. The second kappa shape index (κ2) is 3.43. The third kappa shape index (κ3) is 1.20. The Labute approximate surface area is 102 Å². The van der Waals surface area contributed by atoms with E-state index in [0.717, 1.165) is 32.8 Å². The first kappa shape index (κ1) is 9.41. The summed E-state index contributed by atoms with van der Waals surface area (Å²) in [5.41, 5.74) is 3.47. The van der Waals surface area contributed by atoms with E-state index in [2.05, 4.69) is 19.9 Å². The maximum absolute atomic E-state index is 4.45. The fourth-order valence-corrected chi connectivity index (χ4v) is 2.24. The van der Waals surface area contributed by atoms with Gasteiger partial charge >= 0.3 is 0 Å². The molecule has 3 aromatic heterocycles. The van der Waals surface area contributed by atoms with Crippen LogP contribution in [0.2, 0.25) is 0 Å². The van der Waals surface area contributed by atoms with Gasteiger partial charge in [0.15, 0.2) is 0 Å². The molecule has 4 nitrogen and oxygen atoms in total. The minimum absolute atomic E-state index is 0.795. The zero-order chi connectivity index (χ0) is 11.9. The van der Waals surface area contributed by atoms with Crippen LogP contribution in [0.5, 0.6) is 0 Å². The van der Waals surface area contributed by atoms with Gasteiger partial charge in [-0.15, -0.1) is 0 Å². The normalized spacial score (nSPS) is 11.3. The van der Waals surface area contributed by atoms with Gasteiger partial charge in [0, 0.05) is 24.0 Å². The fraction of sp³-hybridized carbons (Fsp3) is 0. The molecule has 0 N–H and O–H groups in total. The number of rotatable bonds is 0. The zero-order valence-corrected chi connectivity index (χ0v) is 9.41. The second-order valence-corrected chi connectivity index (χ2v) is 4.08. The number of hydrogen-bond donors (Lipinski definition) is 0. The number of pyridine rings is 2. The van der Waals surface area contributed by atoms with E-state index in [1.165, 1.54) is 0 Å². The van der Waals surface area contributed by atoms with Gasteiger partial charge in [0.05, 0.1) is 22.6 Å². The number of hydrogen-bond acceptors (Lipinski definition) is 4. The van der Waals surface area contributed by atoms with E-state index in [1.54, 1.807) is 24.8 Å². The SMILES string of the molecule is c1cnc2c(c1)ccc1ncc3nccnc3c12. The molecule has 4 heteroatoms. The van der Waals surface area contributed by atoms with Gasteiger partial charge < -0.3 is 0 Å². The van der Waals surface area contributed by atoms with Gasteiger partial charge in [0.25, 0.3) is 0 Å². The summed E-state index contributed by atoms with van der Waals surface area (Å²) in [6.07, 6.45) is 6.91. The number of aromatic nitrogens is 4. The standard InChI is InChI=1S/C14H8N4/c1-2-9-3-4-10-12(13(9)16-5-1)14-11(8-18-10)15-6-7-17-14/h1-8H. The van der Waals surface area contributed by atoms with E-state index in [4.69, 9.17) is 0 Å². The molecule has 0 spiro atoms. The molecule has 0 saturated heterocycles. The van der Waals surface area contributed by atoms with Gasteiger partial charge in [-0.25, -0.2) is 0 Å². The molecule has 0 aliphatic heterocycles. The summed E-state index contributed by atoms with van der Waals surface area (Å²) < 4.78 is 0. The first-order chi connectivity index (χ1) is 8.93. The van der Waals surface area contributed by atoms with Crippen LogP contribution in [0, 0.1) is 0 Å².